The normalized spacial score (nSPS) is 13.9. The molecule has 2 heterocycles. The molecular weight excluding hydrogens is 292 g/mol. The summed E-state index contributed by atoms with van der Waals surface area (Å²) in [5.74, 6) is 1.07. The van der Waals surface area contributed by atoms with E-state index < -0.39 is 0 Å². The van der Waals surface area contributed by atoms with Crippen LogP contribution in [0.3, 0.4) is 0 Å². The van der Waals surface area contributed by atoms with Crippen LogP contribution in [-0.4, -0.2) is 33.8 Å². The van der Waals surface area contributed by atoms with Gasteiger partial charge in [0, 0.05) is 23.7 Å². The molecule has 0 bridgehead atoms. The molecule has 1 aromatic carbocycles. The van der Waals surface area contributed by atoms with Crippen LogP contribution in [0, 0.1) is 6.92 Å². The number of nitrogens with zero attached hydrogens (tertiary/aromatic N) is 4. The lowest BCUT2D eigenvalue weighted by Crippen LogP contribution is -2.40. The Hall–Kier alpha value is -2.08. The molecule has 1 aromatic heterocycles. The molecule has 7 heteroatoms. The largest absolute Gasteiger partial charge is 0.483 e. The highest BCUT2D eigenvalue weighted by atomic mass is 35.5. The van der Waals surface area contributed by atoms with Gasteiger partial charge in [-0.1, -0.05) is 17.7 Å². The van der Waals surface area contributed by atoms with Gasteiger partial charge in [-0.3, -0.25) is 9.69 Å². The van der Waals surface area contributed by atoms with E-state index in [-0.39, 0.29) is 12.5 Å². The van der Waals surface area contributed by atoms with Gasteiger partial charge in [-0.2, -0.15) is 10.1 Å². The topological polar surface area (TPSA) is 60.2 Å². The van der Waals surface area contributed by atoms with Gasteiger partial charge >= 0.3 is 0 Å². The van der Waals surface area contributed by atoms with Crippen LogP contribution in [0.2, 0.25) is 5.02 Å². The highest BCUT2D eigenvalue weighted by Gasteiger charge is 2.24. The van der Waals surface area contributed by atoms with Crippen LogP contribution >= 0.6 is 11.6 Å². The lowest BCUT2D eigenvalue weighted by molar-refractivity contribution is -0.120. The summed E-state index contributed by atoms with van der Waals surface area (Å²) >= 11 is 6.03. The summed E-state index contributed by atoms with van der Waals surface area (Å²) in [5, 5.41) is 4.71. The number of carbonyl (C=O) groups excluding carboxylic acids is 1. The average molecular weight is 307 g/mol. The van der Waals surface area contributed by atoms with Gasteiger partial charge in [0.2, 0.25) is 5.95 Å². The Labute approximate surface area is 127 Å². The van der Waals surface area contributed by atoms with Gasteiger partial charge in [-0.25, -0.2) is 4.68 Å². The summed E-state index contributed by atoms with van der Waals surface area (Å²) < 4.78 is 7.32. The molecule has 0 spiro atoms. The van der Waals surface area contributed by atoms with Crippen LogP contribution < -0.4 is 9.64 Å². The standard InChI is InChI=1S/C14H15ClN4O2/c1-10-11(15)4-2-5-12(10)21-8-13(20)18-6-3-7-19-14(18)16-9-17-19/h2,4-5,9H,3,6-8H2,1H3. The van der Waals surface area contributed by atoms with E-state index in [1.54, 1.807) is 27.8 Å². The summed E-state index contributed by atoms with van der Waals surface area (Å²) in [5.41, 5.74) is 0.828. The molecule has 0 N–H and O–H groups in total. The summed E-state index contributed by atoms with van der Waals surface area (Å²) in [7, 11) is 0. The third kappa shape index (κ3) is 2.71. The molecule has 1 aliphatic heterocycles. The van der Waals surface area contributed by atoms with Crippen molar-refractivity contribution >= 4 is 23.5 Å². The number of hydrogen-bond donors (Lipinski definition) is 0. The second-order valence-electron chi connectivity index (χ2n) is 4.83. The zero-order valence-electron chi connectivity index (χ0n) is 11.6. The molecule has 0 radical (unpaired) electrons. The number of rotatable bonds is 3. The lowest BCUT2D eigenvalue weighted by atomic mass is 10.2. The van der Waals surface area contributed by atoms with Crippen molar-refractivity contribution < 1.29 is 9.53 Å². The van der Waals surface area contributed by atoms with Crippen molar-refractivity contribution in [2.24, 2.45) is 0 Å². The van der Waals surface area contributed by atoms with Gasteiger partial charge in [0.05, 0.1) is 0 Å². The van der Waals surface area contributed by atoms with E-state index >= 15 is 0 Å². The molecule has 3 rings (SSSR count). The summed E-state index contributed by atoms with van der Waals surface area (Å²) in [4.78, 5) is 18.0. The van der Waals surface area contributed by atoms with Gasteiger partial charge < -0.3 is 4.74 Å². The van der Waals surface area contributed by atoms with E-state index in [4.69, 9.17) is 16.3 Å². The molecule has 6 nitrogen and oxygen atoms in total. The zero-order chi connectivity index (χ0) is 14.8. The Morgan fingerprint density at radius 2 is 2.29 bits per heavy atom. The van der Waals surface area contributed by atoms with Crippen molar-refractivity contribution in [1.29, 1.82) is 0 Å². The van der Waals surface area contributed by atoms with Crippen LogP contribution in [0.15, 0.2) is 24.5 Å². The van der Waals surface area contributed by atoms with Gasteiger partial charge in [0.1, 0.15) is 12.1 Å². The van der Waals surface area contributed by atoms with Crippen LogP contribution in [0.5, 0.6) is 5.75 Å². The van der Waals surface area contributed by atoms with Gasteiger partial charge in [-0.15, -0.1) is 0 Å². The van der Waals surface area contributed by atoms with Crippen molar-refractivity contribution in [2.45, 2.75) is 19.9 Å². The third-order valence-electron chi connectivity index (χ3n) is 3.46. The average Bonchev–Trinajstić information content (AvgIpc) is 2.96. The number of ether oxygens (including phenoxy) is 1. The fourth-order valence-corrected chi connectivity index (χ4v) is 2.47. The highest BCUT2D eigenvalue weighted by molar-refractivity contribution is 6.31. The Morgan fingerprint density at radius 1 is 1.43 bits per heavy atom. The number of aryl methyl sites for hydroxylation is 1. The summed E-state index contributed by atoms with van der Waals surface area (Å²) in [6.45, 7) is 3.23. The predicted octanol–water partition coefficient (Wildman–Crippen LogP) is 2.06. The molecule has 110 valence electrons. The number of halogens is 1. The molecular formula is C14H15ClN4O2. The maximum atomic E-state index is 12.3. The maximum absolute atomic E-state index is 12.3. The molecule has 2 aromatic rings. The molecule has 0 atom stereocenters. The van der Waals surface area contributed by atoms with Gasteiger partial charge in [-0.05, 0) is 25.5 Å². The van der Waals surface area contributed by atoms with Crippen molar-refractivity contribution in [2.75, 3.05) is 18.1 Å². The minimum atomic E-state index is -0.136. The summed E-state index contributed by atoms with van der Waals surface area (Å²) in [6.07, 6.45) is 2.32. The number of aromatic nitrogens is 3. The zero-order valence-corrected chi connectivity index (χ0v) is 12.4. The predicted molar refractivity (Wildman–Crippen MR) is 78.7 cm³/mol. The first-order valence-electron chi connectivity index (χ1n) is 6.73. The molecule has 0 aliphatic carbocycles. The second-order valence-corrected chi connectivity index (χ2v) is 5.24. The minimum absolute atomic E-state index is 0.0476. The quantitative estimate of drug-likeness (QED) is 0.871. The van der Waals surface area contributed by atoms with E-state index in [1.165, 1.54) is 6.33 Å². The molecule has 0 fully saturated rings. The molecule has 1 amide bonds. The number of amides is 1. The molecule has 1 aliphatic rings. The first kappa shape index (κ1) is 13.9. The molecule has 0 saturated heterocycles. The maximum Gasteiger partial charge on any atom is 0.267 e. The SMILES string of the molecule is Cc1c(Cl)cccc1OCC(=O)N1CCCn2ncnc21. The van der Waals surface area contributed by atoms with Crippen LogP contribution in [0.1, 0.15) is 12.0 Å². The fourth-order valence-electron chi connectivity index (χ4n) is 2.30. The highest BCUT2D eigenvalue weighted by Crippen LogP contribution is 2.25. The Bertz CT molecular complexity index is 671. The van der Waals surface area contributed by atoms with Gasteiger partial charge in [0.15, 0.2) is 6.61 Å². The van der Waals surface area contributed by atoms with E-state index in [0.717, 1.165) is 18.5 Å². The van der Waals surface area contributed by atoms with Crippen molar-refractivity contribution in [3.8, 4) is 5.75 Å². The third-order valence-corrected chi connectivity index (χ3v) is 3.87. The van der Waals surface area contributed by atoms with Gasteiger partial charge in [0.25, 0.3) is 5.91 Å². The van der Waals surface area contributed by atoms with Crippen molar-refractivity contribution in [3.63, 3.8) is 0 Å². The second kappa shape index (κ2) is 5.73. The summed E-state index contributed by atoms with van der Waals surface area (Å²) in [6, 6.07) is 5.39. The molecule has 0 unspecified atom stereocenters. The van der Waals surface area contributed by atoms with E-state index in [9.17, 15) is 4.79 Å². The van der Waals surface area contributed by atoms with Crippen molar-refractivity contribution in [1.82, 2.24) is 14.8 Å². The minimum Gasteiger partial charge on any atom is -0.483 e. The van der Waals surface area contributed by atoms with Crippen LogP contribution in [0.4, 0.5) is 5.95 Å². The Kier molecular flexibility index (Phi) is 3.79. The van der Waals surface area contributed by atoms with E-state index in [1.807, 2.05) is 6.92 Å². The number of anilines is 1. The van der Waals surface area contributed by atoms with Crippen LogP contribution in [-0.2, 0) is 11.3 Å². The number of fused-ring (bicyclic) bond motifs is 1. The van der Waals surface area contributed by atoms with E-state index in [2.05, 4.69) is 10.1 Å². The fraction of sp³-hybridized carbons (Fsp3) is 0.357. The lowest BCUT2D eigenvalue weighted by Gasteiger charge is -2.26. The Morgan fingerprint density at radius 3 is 3.14 bits per heavy atom. The smallest absolute Gasteiger partial charge is 0.267 e. The van der Waals surface area contributed by atoms with Crippen LogP contribution in [0.25, 0.3) is 0 Å². The first-order valence-corrected chi connectivity index (χ1v) is 7.10. The first-order chi connectivity index (χ1) is 10.2. The van der Waals surface area contributed by atoms with E-state index in [0.29, 0.717) is 23.3 Å². The number of benzene rings is 1. The Balaban J connectivity index is 1.70. The van der Waals surface area contributed by atoms with Crippen molar-refractivity contribution in [3.05, 3.63) is 35.1 Å². The monoisotopic (exact) mass is 306 g/mol. The number of carbonyl (C=O) groups is 1. The molecule has 0 saturated carbocycles. The number of hydrogen-bond acceptors (Lipinski definition) is 4. The molecule has 21 heavy (non-hydrogen) atoms.